The number of fused-ring (bicyclic) bond motifs is 1. The Hall–Kier alpha value is -3.00. The van der Waals surface area contributed by atoms with Crippen LogP contribution < -0.4 is 15.8 Å². The Labute approximate surface area is 198 Å². The molecule has 1 saturated carbocycles. The minimum absolute atomic E-state index is 0.0940. The second-order valence-electron chi connectivity index (χ2n) is 9.70. The molecule has 1 amide bonds. The lowest BCUT2D eigenvalue weighted by Gasteiger charge is -2.24. The van der Waals surface area contributed by atoms with E-state index in [4.69, 9.17) is 10.5 Å². The van der Waals surface area contributed by atoms with Crippen LogP contribution in [0.5, 0.6) is 5.75 Å². The number of imidazole rings is 1. The summed E-state index contributed by atoms with van der Waals surface area (Å²) in [6.45, 7) is 7.62. The predicted octanol–water partition coefficient (Wildman–Crippen LogP) is 4.93. The molecule has 182 valence electrons. The first-order valence-electron chi connectivity index (χ1n) is 11.8. The van der Waals surface area contributed by atoms with Crippen LogP contribution in [0.2, 0.25) is 0 Å². The molecule has 0 radical (unpaired) electrons. The lowest BCUT2D eigenvalue weighted by Crippen LogP contribution is -2.47. The van der Waals surface area contributed by atoms with Crippen LogP contribution >= 0.6 is 0 Å². The maximum atomic E-state index is 14.9. The maximum absolute atomic E-state index is 14.9. The van der Waals surface area contributed by atoms with E-state index in [9.17, 15) is 13.6 Å². The molecule has 1 aliphatic rings. The largest absolute Gasteiger partial charge is 0.485 e. The Morgan fingerprint density at radius 2 is 2.06 bits per heavy atom. The molecule has 1 aromatic carbocycles. The van der Waals surface area contributed by atoms with Crippen molar-refractivity contribution in [3.8, 4) is 5.75 Å². The molecule has 1 fully saturated rings. The first kappa shape index (κ1) is 24.1. The molecule has 4 rings (SSSR count). The second-order valence-corrected chi connectivity index (χ2v) is 9.70. The van der Waals surface area contributed by atoms with Crippen LogP contribution in [0, 0.1) is 25.5 Å². The van der Waals surface area contributed by atoms with Gasteiger partial charge in [0.1, 0.15) is 23.9 Å². The number of benzene rings is 1. The van der Waals surface area contributed by atoms with Crippen LogP contribution in [0.25, 0.3) is 5.65 Å². The molecule has 0 spiro atoms. The molecule has 1 aliphatic carbocycles. The van der Waals surface area contributed by atoms with Crippen molar-refractivity contribution in [3.63, 3.8) is 0 Å². The Morgan fingerprint density at radius 3 is 2.74 bits per heavy atom. The normalized spacial score (nSPS) is 15.4. The zero-order valence-electron chi connectivity index (χ0n) is 20.2. The van der Waals surface area contributed by atoms with Gasteiger partial charge in [0.15, 0.2) is 11.4 Å². The molecule has 8 heteroatoms. The number of nitrogens with one attached hydrogen (secondary N) is 1. The fourth-order valence-corrected chi connectivity index (χ4v) is 4.37. The van der Waals surface area contributed by atoms with Crippen molar-refractivity contribution in [2.45, 2.75) is 71.4 Å². The number of nitrogens with zero attached hydrogens (tertiary/aromatic N) is 2. The van der Waals surface area contributed by atoms with Crippen LogP contribution in [-0.2, 0) is 6.61 Å². The van der Waals surface area contributed by atoms with Gasteiger partial charge >= 0.3 is 0 Å². The molecular formula is C26H32F2N4O2. The number of carbonyl (C=O) groups excluding carboxylic acids is 1. The molecule has 0 aliphatic heterocycles. The van der Waals surface area contributed by atoms with Crippen molar-refractivity contribution in [3.05, 3.63) is 64.1 Å². The van der Waals surface area contributed by atoms with Crippen molar-refractivity contribution >= 4 is 11.6 Å². The Morgan fingerprint density at radius 1 is 1.32 bits per heavy atom. The minimum Gasteiger partial charge on any atom is -0.485 e. The van der Waals surface area contributed by atoms with Gasteiger partial charge in [0, 0.05) is 18.3 Å². The molecule has 34 heavy (non-hydrogen) atoms. The molecule has 1 atom stereocenters. The molecule has 0 saturated heterocycles. The number of nitrogens with two attached hydrogens (primary N) is 1. The lowest BCUT2D eigenvalue weighted by atomic mass is 9.98. The first-order chi connectivity index (χ1) is 16.1. The number of hydrogen-bond donors (Lipinski definition) is 2. The predicted molar refractivity (Wildman–Crippen MR) is 127 cm³/mol. The van der Waals surface area contributed by atoms with Gasteiger partial charge in [-0.3, -0.25) is 9.20 Å². The average Bonchev–Trinajstić information content (AvgIpc) is 3.54. The summed E-state index contributed by atoms with van der Waals surface area (Å²) < 4.78 is 36.9. The van der Waals surface area contributed by atoms with Gasteiger partial charge in [-0.05, 0) is 69.2 Å². The molecule has 0 bridgehead atoms. The number of aromatic nitrogens is 2. The average molecular weight is 471 g/mol. The van der Waals surface area contributed by atoms with Gasteiger partial charge in [0.2, 0.25) is 0 Å². The first-order valence-corrected chi connectivity index (χ1v) is 11.8. The number of ether oxygens (including phenoxy) is 1. The standard InChI is InChI=1S/C26H32F2N4O2/c1-5-10-26(4,29)14-30-25(33)23-16(3)31-24-21(11-15(2)12-32(23)24)34-13-19-20(27)9-8-18(22(19)28)17-6-7-17/h8-9,11-12,17H,5-7,10,13-14,29H2,1-4H3,(H,30,33). The van der Waals surface area contributed by atoms with E-state index in [0.29, 0.717) is 34.9 Å². The van der Waals surface area contributed by atoms with Crippen molar-refractivity contribution in [2.24, 2.45) is 5.73 Å². The number of pyridine rings is 1. The molecule has 3 aromatic rings. The number of rotatable bonds is 9. The van der Waals surface area contributed by atoms with E-state index in [0.717, 1.165) is 31.2 Å². The van der Waals surface area contributed by atoms with Gasteiger partial charge in [-0.25, -0.2) is 13.8 Å². The third kappa shape index (κ3) is 4.92. The van der Waals surface area contributed by atoms with Crippen LogP contribution in [0.3, 0.4) is 0 Å². The van der Waals surface area contributed by atoms with Gasteiger partial charge in [-0.15, -0.1) is 0 Å². The van der Waals surface area contributed by atoms with Crippen molar-refractivity contribution in [1.29, 1.82) is 0 Å². The van der Waals surface area contributed by atoms with Crippen molar-refractivity contribution in [2.75, 3.05) is 6.54 Å². The van der Waals surface area contributed by atoms with Gasteiger partial charge < -0.3 is 15.8 Å². The van der Waals surface area contributed by atoms with Crippen LogP contribution in [-0.4, -0.2) is 27.4 Å². The number of carbonyl (C=O) groups is 1. The summed E-state index contributed by atoms with van der Waals surface area (Å²) in [6.07, 6.45) is 5.33. The van der Waals surface area contributed by atoms with Crippen LogP contribution in [0.4, 0.5) is 8.78 Å². The second kappa shape index (κ2) is 9.33. The van der Waals surface area contributed by atoms with Gasteiger partial charge in [-0.2, -0.15) is 0 Å². The fourth-order valence-electron chi connectivity index (χ4n) is 4.37. The Kier molecular flexibility index (Phi) is 6.62. The lowest BCUT2D eigenvalue weighted by molar-refractivity contribution is 0.0937. The summed E-state index contributed by atoms with van der Waals surface area (Å²) in [5.74, 6) is -0.950. The Balaban J connectivity index is 1.61. The van der Waals surface area contributed by atoms with Gasteiger partial charge in [-0.1, -0.05) is 19.4 Å². The summed E-state index contributed by atoms with van der Waals surface area (Å²) in [5.41, 5.74) is 8.33. The summed E-state index contributed by atoms with van der Waals surface area (Å²) in [7, 11) is 0. The highest BCUT2D eigenvalue weighted by molar-refractivity contribution is 5.95. The van der Waals surface area contributed by atoms with E-state index in [1.807, 2.05) is 20.8 Å². The molecular weight excluding hydrogens is 438 g/mol. The zero-order chi connectivity index (χ0) is 24.6. The monoisotopic (exact) mass is 470 g/mol. The molecule has 2 aromatic heterocycles. The smallest absolute Gasteiger partial charge is 0.270 e. The molecule has 6 nitrogen and oxygen atoms in total. The van der Waals surface area contributed by atoms with Crippen LogP contribution in [0.1, 0.15) is 78.3 Å². The van der Waals surface area contributed by atoms with E-state index in [2.05, 4.69) is 10.3 Å². The molecule has 3 N–H and O–H groups in total. The zero-order valence-corrected chi connectivity index (χ0v) is 20.2. The summed E-state index contributed by atoms with van der Waals surface area (Å²) in [5, 5.41) is 2.91. The highest BCUT2D eigenvalue weighted by Gasteiger charge is 2.29. The minimum atomic E-state index is -0.637. The molecule has 2 heterocycles. The molecule has 1 unspecified atom stereocenters. The summed E-state index contributed by atoms with van der Waals surface area (Å²) in [6, 6.07) is 4.57. The highest BCUT2D eigenvalue weighted by atomic mass is 19.1. The van der Waals surface area contributed by atoms with Crippen molar-refractivity contribution < 1.29 is 18.3 Å². The number of amides is 1. The van der Waals surface area contributed by atoms with E-state index in [1.54, 1.807) is 23.6 Å². The topological polar surface area (TPSA) is 81.6 Å². The van der Waals surface area contributed by atoms with E-state index in [1.165, 1.54) is 12.1 Å². The van der Waals surface area contributed by atoms with E-state index < -0.39 is 17.2 Å². The van der Waals surface area contributed by atoms with Gasteiger partial charge in [0.05, 0.1) is 11.3 Å². The number of aryl methyl sites for hydroxylation is 2. The number of halogens is 2. The third-order valence-corrected chi connectivity index (χ3v) is 6.29. The Bertz CT molecular complexity index is 1230. The quantitative estimate of drug-likeness (QED) is 0.465. The fraction of sp³-hybridized carbons (Fsp3) is 0.462. The van der Waals surface area contributed by atoms with E-state index >= 15 is 0 Å². The van der Waals surface area contributed by atoms with E-state index in [-0.39, 0.29) is 24.0 Å². The maximum Gasteiger partial charge on any atom is 0.270 e. The number of hydrogen-bond acceptors (Lipinski definition) is 4. The SMILES string of the molecule is CCCC(C)(N)CNC(=O)c1c(C)nc2c(OCc3c(F)ccc(C4CC4)c3F)cc(C)cn12. The summed E-state index contributed by atoms with van der Waals surface area (Å²) >= 11 is 0. The highest BCUT2D eigenvalue weighted by Crippen LogP contribution is 2.42. The third-order valence-electron chi connectivity index (χ3n) is 6.29. The van der Waals surface area contributed by atoms with Crippen LogP contribution in [0.15, 0.2) is 24.4 Å². The van der Waals surface area contributed by atoms with Gasteiger partial charge in [0.25, 0.3) is 5.91 Å². The summed E-state index contributed by atoms with van der Waals surface area (Å²) in [4.78, 5) is 17.5. The van der Waals surface area contributed by atoms with Crippen molar-refractivity contribution in [1.82, 2.24) is 14.7 Å².